The van der Waals surface area contributed by atoms with Gasteiger partial charge in [-0.1, -0.05) is 0 Å². The minimum absolute atomic E-state index is 0.0677. The number of nitrogens with one attached hydrogen (secondary N) is 1. The molecule has 1 aromatic carbocycles. The maximum atomic E-state index is 11.7. The topological polar surface area (TPSA) is 55.4 Å². The molecule has 0 saturated heterocycles. The van der Waals surface area contributed by atoms with Crippen LogP contribution in [0.3, 0.4) is 0 Å². The molecule has 0 aliphatic carbocycles. The van der Waals surface area contributed by atoms with Crippen molar-refractivity contribution in [2.45, 2.75) is 19.9 Å². The molecule has 16 heavy (non-hydrogen) atoms. The Labute approximate surface area is 94.6 Å². The zero-order valence-corrected chi connectivity index (χ0v) is 9.61. The second-order valence-corrected chi connectivity index (χ2v) is 3.53. The molecule has 0 heterocycles. The number of hydrogen-bond acceptors (Lipinski definition) is 3. The van der Waals surface area contributed by atoms with Crippen LogP contribution in [0.4, 0.5) is 0 Å². The molecule has 86 valence electrons. The number of amides is 1. The van der Waals surface area contributed by atoms with Crippen LogP contribution < -0.4 is 10.1 Å². The molecule has 4 nitrogen and oxygen atoms in total. The smallest absolute Gasteiger partial charge is 0.251 e. The van der Waals surface area contributed by atoms with Crippen molar-refractivity contribution in [3.8, 4) is 5.75 Å². The molecule has 0 unspecified atom stereocenters. The van der Waals surface area contributed by atoms with Gasteiger partial charge in [0.15, 0.2) is 5.78 Å². The molecular formula is C12H15NO3. The van der Waals surface area contributed by atoms with Crippen molar-refractivity contribution < 1.29 is 14.3 Å². The van der Waals surface area contributed by atoms with E-state index in [1.165, 1.54) is 6.92 Å². The Morgan fingerprint density at radius 2 is 1.81 bits per heavy atom. The van der Waals surface area contributed by atoms with Crippen molar-refractivity contribution in [3.05, 3.63) is 29.8 Å². The van der Waals surface area contributed by atoms with Gasteiger partial charge in [-0.15, -0.1) is 0 Å². The number of ketones is 1. The van der Waals surface area contributed by atoms with E-state index in [9.17, 15) is 9.59 Å². The van der Waals surface area contributed by atoms with Gasteiger partial charge < -0.3 is 10.1 Å². The number of Topliss-reactive ketones (excluding diaryl/α,β-unsaturated/α-hetero) is 1. The summed E-state index contributed by atoms with van der Waals surface area (Å²) in [5.74, 6) is 0.364. The van der Waals surface area contributed by atoms with Gasteiger partial charge >= 0.3 is 0 Å². The summed E-state index contributed by atoms with van der Waals surface area (Å²) in [5, 5.41) is 2.60. The van der Waals surface area contributed by atoms with E-state index in [0.29, 0.717) is 11.3 Å². The number of rotatable bonds is 4. The molecule has 1 rings (SSSR count). The van der Waals surface area contributed by atoms with Gasteiger partial charge in [0.25, 0.3) is 5.91 Å². The van der Waals surface area contributed by atoms with Crippen LogP contribution in [-0.2, 0) is 4.79 Å². The minimum Gasteiger partial charge on any atom is -0.497 e. The van der Waals surface area contributed by atoms with E-state index in [-0.39, 0.29) is 11.7 Å². The quantitative estimate of drug-likeness (QED) is 0.836. The molecule has 0 aliphatic heterocycles. The molecule has 1 amide bonds. The third-order valence-electron chi connectivity index (χ3n) is 2.31. The Balaban J connectivity index is 2.69. The van der Waals surface area contributed by atoms with E-state index in [2.05, 4.69) is 5.32 Å². The summed E-state index contributed by atoms with van der Waals surface area (Å²) in [5.41, 5.74) is 0.508. The second kappa shape index (κ2) is 5.30. The first-order chi connectivity index (χ1) is 7.54. The van der Waals surface area contributed by atoms with Crippen LogP contribution in [0, 0.1) is 0 Å². The molecule has 0 spiro atoms. The fourth-order valence-corrected chi connectivity index (χ4v) is 1.12. The van der Waals surface area contributed by atoms with Crippen molar-refractivity contribution in [1.29, 1.82) is 0 Å². The van der Waals surface area contributed by atoms with Gasteiger partial charge in [0, 0.05) is 5.56 Å². The maximum Gasteiger partial charge on any atom is 0.251 e. The Morgan fingerprint density at radius 3 is 2.25 bits per heavy atom. The lowest BCUT2D eigenvalue weighted by atomic mass is 10.1. The zero-order chi connectivity index (χ0) is 12.1. The maximum absolute atomic E-state index is 11.7. The molecule has 1 N–H and O–H groups in total. The van der Waals surface area contributed by atoms with Crippen LogP contribution in [0.15, 0.2) is 24.3 Å². The van der Waals surface area contributed by atoms with Gasteiger partial charge in [-0.25, -0.2) is 0 Å². The first-order valence-corrected chi connectivity index (χ1v) is 5.00. The van der Waals surface area contributed by atoms with E-state index in [4.69, 9.17) is 4.74 Å². The van der Waals surface area contributed by atoms with Crippen LogP contribution in [-0.4, -0.2) is 24.8 Å². The Kier molecular flexibility index (Phi) is 4.05. The molecule has 0 saturated carbocycles. The lowest BCUT2D eigenvalue weighted by molar-refractivity contribution is -0.118. The van der Waals surface area contributed by atoms with E-state index in [0.717, 1.165) is 0 Å². The molecular weight excluding hydrogens is 206 g/mol. The highest BCUT2D eigenvalue weighted by Crippen LogP contribution is 2.11. The van der Waals surface area contributed by atoms with E-state index < -0.39 is 6.04 Å². The lowest BCUT2D eigenvalue weighted by Crippen LogP contribution is -2.37. The van der Waals surface area contributed by atoms with Crippen molar-refractivity contribution >= 4 is 11.7 Å². The number of hydrogen-bond donors (Lipinski definition) is 1. The van der Waals surface area contributed by atoms with Crippen molar-refractivity contribution in [3.63, 3.8) is 0 Å². The molecule has 0 aliphatic rings. The van der Waals surface area contributed by atoms with Gasteiger partial charge in [0.2, 0.25) is 0 Å². The van der Waals surface area contributed by atoms with Gasteiger partial charge in [0.1, 0.15) is 5.75 Å². The van der Waals surface area contributed by atoms with E-state index in [1.807, 2.05) is 0 Å². The van der Waals surface area contributed by atoms with Crippen LogP contribution in [0.5, 0.6) is 5.75 Å². The number of methoxy groups -OCH3 is 1. The number of benzene rings is 1. The third-order valence-corrected chi connectivity index (χ3v) is 2.31. The van der Waals surface area contributed by atoms with Gasteiger partial charge in [-0.3, -0.25) is 9.59 Å². The minimum atomic E-state index is -0.463. The average molecular weight is 221 g/mol. The fraction of sp³-hybridized carbons (Fsp3) is 0.333. The number of carbonyl (C=O) groups is 2. The number of ether oxygens (including phenoxy) is 1. The highest BCUT2D eigenvalue weighted by Gasteiger charge is 2.12. The van der Waals surface area contributed by atoms with Crippen LogP contribution in [0.2, 0.25) is 0 Å². The summed E-state index contributed by atoms with van der Waals surface area (Å²) in [6, 6.07) is 6.25. The molecule has 4 heteroatoms. The van der Waals surface area contributed by atoms with Gasteiger partial charge in [0.05, 0.1) is 13.2 Å². The third kappa shape index (κ3) is 3.08. The normalized spacial score (nSPS) is 11.7. The van der Waals surface area contributed by atoms with Crippen LogP contribution in [0.25, 0.3) is 0 Å². The number of carbonyl (C=O) groups excluding carboxylic acids is 2. The SMILES string of the molecule is COc1ccc(C(=O)N[C@@H](C)C(C)=O)cc1. The van der Waals surface area contributed by atoms with E-state index in [1.54, 1.807) is 38.3 Å². The summed E-state index contributed by atoms with van der Waals surface area (Å²) < 4.78 is 4.98. The summed E-state index contributed by atoms with van der Waals surface area (Å²) in [6.07, 6.45) is 0. The van der Waals surface area contributed by atoms with Gasteiger partial charge in [-0.2, -0.15) is 0 Å². The summed E-state index contributed by atoms with van der Waals surface area (Å²) in [6.45, 7) is 3.10. The fourth-order valence-electron chi connectivity index (χ4n) is 1.12. The Morgan fingerprint density at radius 1 is 1.25 bits per heavy atom. The summed E-state index contributed by atoms with van der Waals surface area (Å²) in [4.78, 5) is 22.6. The molecule has 1 atom stereocenters. The first-order valence-electron chi connectivity index (χ1n) is 5.00. The van der Waals surface area contributed by atoms with Crippen LogP contribution >= 0.6 is 0 Å². The molecule has 0 radical (unpaired) electrons. The van der Waals surface area contributed by atoms with Crippen LogP contribution in [0.1, 0.15) is 24.2 Å². The Hall–Kier alpha value is -1.84. The van der Waals surface area contributed by atoms with Gasteiger partial charge in [-0.05, 0) is 38.1 Å². The van der Waals surface area contributed by atoms with E-state index >= 15 is 0 Å². The molecule has 0 bridgehead atoms. The first kappa shape index (κ1) is 12.2. The molecule has 0 aromatic heterocycles. The van der Waals surface area contributed by atoms with Crippen molar-refractivity contribution in [1.82, 2.24) is 5.32 Å². The van der Waals surface area contributed by atoms with Crippen molar-refractivity contribution in [2.75, 3.05) is 7.11 Å². The summed E-state index contributed by atoms with van der Waals surface area (Å²) in [7, 11) is 1.56. The highest BCUT2D eigenvalue weighted by atomic mass is 16.5. The summed E-state index contributed by atoms with van der Waals surface area (Å²) >= 11 is 0. The molecule has 0 fully saturated rings. The zero-order valence-electron chi connectivity index (χ0n) is 9.61. The standard InChI is InChI=1S/C12H15NO3/c1-8(9(2)14)13-12(15)10-4-6-11(16-3)7-5-10/h4-8H,1-3H3,(H,13,15)/t8-/m0/s1. The average Bonchev–Trinajstić information content (AvgIpc) is 2.28. The Bertz CT molecular complexity index is 384. The highest BCUT2D eigenvalue weighted by molar-refractivity contribution is 5.97. The lowest BCUT2D eigenvalue weighted by Gasteiger charge is -2.10. The predicted octanol–water partition coefficient (Wildman–Crippen LogP) is 1.40. The van der Waals surface area contributed by atoms with Crippen molar-refractivity contribution in [2.24, 2.45) is 0 Å². The molecule has 1 aromatic rings. The predicted molar refractivity (Wildman–Crippen MR) is 60.6 cm³/mol. The monoisotopic (exact) mass is 221 g/mol. The second-order valence-electron chi connectivity index (χ2n) is 3.53. The largest absolute Gasteiger partial charge is 0.497 e.